The number of thiocarbonyl (C=S) groups is 1. The lowest BCUT2D eigenvalue weighted by Crippen LogP contribution is -2.29. The smallest absolute Gasteiger partial charge is 0.341 e. The van der Waals surface area contributed by atoms with Gasteiger partial charge in [-0.25, -0.2) is 4.79 Å². The van der Waals surface area contributed by atoms with Gasteiger partial charge in [0.1, 0.15) is 9.32 Å². The molecule has 2 aromatic rings. The fraction of sp³-hybridized carbons (Fsp3) is 0.407. The number of carbonyl (C=O) groups is 3. The summed E-state index contributed by atoms with van der Waals surface area (Å²) in [6.07, 6.45) is 8.44. The van der Waals surface area contributed by atoms with Gasteiger partial charge in [0.05, 0.1) is 17.1 Å². The number of carbonyl (C=O) groups excluding carboxylic acids is 3. The predicted octanol–water partition coefficient (Wildman–Crippen LogP) is 6.20. The SMILES string of the molecule is CCOC(=O)c1c(NC(=O)CCCCCN2C(=O)C(=Cc3ccccc3)SC2=S)sc2c1CCCC2. The first-order chi connectivity index (χ1) is 17.5. The van der Waals surface area contributed by atoms with Gasteiger partial charge in [-0.15, -0.1) is 11.3 Å². The van der Waals surface area contributed by atoms with Crippen LogP contribution in [0.2, 0.25) is 0 Å². The number of anilines is 1. The lowest BCUT2D eigenvalue weighted by molar-refractivity contribution is -0.122. The lowest BCUT2D eigenvalue weighted by Gasteiger charge is -2.14. The summed E-state index contributed by atoms with van der Waals surface area (Å²) in [5, 5.41) is 3.58. The third kappa shape index (κ3) is 6.44. The largest absolute Gasteiger partial charge is 0.462 e. The normalized spacial score (nSPS) is 16.4. The predicted molar refractivity (Wildman–Crippen MR) is 150 cm³/mol. The van der Waals surface area contributed by atoms with Gasteiger partial charge >= 0.3 is 5.97 Å². The van der Waals surface area contributed by atoms with E-state index in [9.17, 15) is 14.4 Å². The van der Waals surface area contributed by atoms with Crippen molar-refractivity contribution in [2.24, 2.45) is 0 Å². The zero-order valence-electron chi connectivity index (χ0n) is 20.3. The number of benzene rings is 1. The van der Waals surface area contributed by atoms with Crippen LogP contribution >= 0.6 is 35.3 Å². The second-order valence-electron chi connectivity index (χ2n) is 8.74. The summed E-state index contributed by atoms with van der Waals surface area (Å²) >= 11 is 8.26. The first kappa shape index (κ1) is 26.6. The van der Waals surface area contributed by atoms with Crippen molar-refractivity contribution in [3.63, 3.8) is 0 Å². The number of thioether (sulfide) groups is 1. The molecule has 2 amide bonds. The molecule has 6 nitrogen and oxygen atoms in total. The monoisotopic (exact) mass is 542 g/mol. The van der Waals surface area contributed by atoms with E-state index in [0.29, 0.717) is 45.8 Å². The zero-order valence-corrected chi connectivity index (χ0v) is 22.8. The summed E-state index contributed by atoms with van der Waals surface area (Å²) in [6.45, 7) is 2.64. The fourth-order valence-corrected chi connectivity index (χ4v) is 6.99. The Morgan fingerprint density at radius 2 is 1.92 bits per heavy atom. The summed E-state index contributed by atoms with van der Waals surface area (Å²) in [5.41, 5.74) is 2.56. The van der Waals surface area contributed by atoms with Crippen molar-refractivity contribution >= 4 is 68.5 Å². The van der Waals surface area contributed by atoms with Crippen molar-refractivity contribution in [3.8, 4) is 0 Å². The average Bonchev–Trinajstić information content (AvgIpc) is 3.36. The van der Waals surface area contributed by atoms with Crippen molar-refractivity contribution in [3.05, 3.63) is 56.8 Å². The third-order valence-electron chi connectivity index (χ3n) is 6.16. The number of nitrogens with zero attached hydrogens (tertiary/aromatic N) is 1. The van der Waals surface area contributed by atoms with E-state index in [1.807, 2.05) is 36.4 Å². The summed E-state index contributed by atoms with van der Waals surface area (Å²) in [5.74, 6) is -0.507. The van der Waals surface area contributed by atoms with Crippen LogP contribution in [-0.4, -0.2) is 40.2 Å². The molecule has 0 radical (unpaired) electrons. The molecule has 36 heavy (non-hydrogen) atoms. The molecule has 2 heterocycles. The zero-order chi connectivity index (χ0) is 25.5. The van der Waals surface area contributed by atoms with Gasteiger partial charge in [0.2, 0.25) is 5.91 Å². The second-order valence-corrected chi connectivity index (χ2v) is 11.5. The molecule has 0 bridgehead atoms. The molecule has 1 aliphatic heterocycles. The van der Waals surface area contributed by atoms with Gasteiger partial charge in [-0.05, 0) is 62.7 Å². The lowest BCUT2D eigenvalue weighted by atomic mass is 9.95. The van der Waals surface area contributed by atoms with E-state index in [-0.39, 0.29) is 17.8 Å². The van der Waals surface area contributed by atoms with Crippen LogP contribution in [0.15, 0.2) is 35.2 Å². The van der Waals surface area contributed by atoms with Gasteiger partial charge in [-0.1, -0.05) is 60.7 Å². The summed E-state index contributed by atoms with van der Waals surface area (Å²) in [7, 11) is 0. The molecular formula is C27H30N2O4S3. The maximum Gasteiger partial charge on any atom is 0.341 e. The Labute approximate surface area is 225 Å². The van der Waals surface area contributed by atoms with Crippen molar-refractivity contribution in [2.45, 2.75) is 58.3 Å². The molecule has 1 N–H and O–H groups in total. The molecular weight excluding hydrogens is 513 g/mol. The van der Waals surface area contributed by atoms with Crippen molar-refractivity contribution in [1.82, 2.24) is 4.90 Å². The molecule has 0 unspecified atom stereocenters. The topological polar surface area (TPSA) is 75.7 Å². The van der Waals surface area contributed by atoms with E-state index in [1.54, 1.807) is 11.8 Å². The van der Waals surface area contributed by atoms with E-state index in [0.717, 1.165) is 49.7 Å². The summed E-state index contributed by atoms with van der Waals surface area (Å²) in [4.78, 5) is 41.4. The molecule has 1 aromatic heterocycles. The Hall–Kier alpha value is -2.49. The highest BCUT2D eigenvalue weighted by Crippen LogP contribution is 2.39. The number of thiophene rings is 1. The number of amides is 2. The maximum absolute atomic E-state index is 12.8. The van der Waals surface area contributed by atoms with Gasteiger partial charge in [-0.2, -0.15) is 0 Å². The van der Waals surface area contributed by atoms with Crippen LogP contribution in [0.25, 0.3) is 6.08 Å². The number of rotatable bonds is 10. The number of fused-ring (bicyclic) bond motifs is 1. The van der Waals surface area contributed by atoms with Crippen LogP contribution in [0.4, 0.5) is 5.00 Å². The molecule has 4 rings (SSSR count). The first-order valence-electron chi connectivity index (χ1n) is 12.4. The number of esters is 1. The molecule has 0 saturated carbocycles. The summed E-state index contributed by atoms with van der Waals surface area (Å²) < 4.78 is 5.84. The van der Waals surface area contributed by atoms with E-state index < -0.39 is 0 Å². The Morgan fingerprint density at radius 3 is 2.69 bits per heavy atom. The van der Waals surface area contributed by atoms with Crippen LogP contribution in [0.5, 0.6) is 0 Å². The Kier molecular flexibility index (Phi) is 9.34. The van der Waals surface area contributed by atoms with E-state index in [1.165, 1.54) is 28.0 Å². The number of aryl methyl sites for hydroxylation is 1. The van der Waals surface area contributed by atoms with E-state index >= 15 is 0 Å². The highest BCUT2D eigenvalue weighted by molar-refractivity contribution is 8.26. The van der Waals surface area contributed by atoms with Crippen LogP contribution < -0.4 is 5.32 Å². The molecule has 0 spiro atoms. The third-order valence-corrected chi connectivity index (χ3v) is 8.75. The molecule has 1 aromatic carbocycles. The van der Waals surface area contributed by atoms with Gasteiger partial charge in [0.25, 0.3) is 5.91 Å². The van der Waals surface area contributed by atoms with Crippen molar-refractivity contribution < 1.29 is 19.1 Å². The van der Waals surface area contributed by atoms with Gasteiger partial charge in [0.15, 0.2) is 0 Å². The van der Waals surface area contributed by atoms with E-state index in [2.05, 4.69) is 5.32 Å². The molecule has 9 heteroatoms. The van der Waals surface area contributed by atoms with Gasteiger partial charge in [-0.3, -0.25) is 14.5 Å². The maximum atomic E-state index is 12.8. The van der Waals surface area contributed by atoms with Crippen LogP contribution in [0, 0.1) is 0 Å². The summed E-state index contributed by atoms with van der Waals surface area (Å²) in [6, 6.07) is 9.73. The minimum Gasteiger partial charge on any atom is -0.462 e. The minimum absolute atomic E-state index is 0.0558. The second kappa shape index (κ2) is 12.7. The van der Waals surface area contributed by atoms with Gasteiger partial charge < -0.3 is 10.1 Å². The minimum atomic E-state index is -0.350. The molecule has 0 atom stereocenters. The van der Waals surface area contributed by atoms with Crippen LogP contribution in [0.3, 0.4) is 0 Å². The van der Waals surface area contributed by atoms with Crippen molar-refractivity contribution in [1.29, 1.82) is 0 Å². The Bertz CT molecular complexity index is 1170. The first-order valence-corrected chi connectivity index (χ1v) is 14.4. The Balaban J connectivity index is 1.25. The van der Waals surface area contributed by atoms with Crippen LogP contribution in [0.1, 0.15) is 71.8 Å². The number of nitrogens with one attached hydrogen (secondary N) is 1. The average molecular weight is 543 g/mol. The van der Waals surface area contributed by atoms with E-state index in [4.69, 9.17) is 17.0 Å². The number of unbranched alkanes of at least 4 members (excludes halogenated alkanes) is 2. The fourth-order valence-electron chi connectivity index (χ4n) is 4.39. The molecule has 1 aliphatic carbocycles. The molecule has 190 valence electrons. The number of hydrogen-bond donors (Lipinski definition) is 1. The Morgan fingerprint density at radius 1 is 1.14 bits per heavy atom. The molecule has 1 fully saturated rings. The standard InChI is InChI=1S/C27H30N2O4S3/c1-2-33-26(32)23-19-13-8-9-14-20(19)35-24(23)28-22(30)15-7-4-10-16-29-25(31)21(36-27(29)34)17-18-11-5-3-6-12-18/h3,5-6,11-12,17H,2,4,7-10,13-16H2,1H3,(H,28,30). The molecule has 1 saturated heterocycles. The van der Waals surface area contributed by atoms with Gasteiger partial charge in [0, 0.05) is 17.8 Å². The quantitative estimate of drug-likeness (QED) is 0.167. The highest BCUT2D eigenvalue weighted by atomic mass is 32.2. The van der Waals surface area contributed by atoms with Crippen molar-refractivity contribution in [2.75, 3.05) is 18.5 Å². The number of hydrogen-bond acceptors (Lipinski definition) is 7. The number of ether oxygens (including phenoxy) is 1. The van der Waals surface area contributed by atoms with Crippen LogP contribution in [-0.2, 0) is 27.2 Å². The highest BCUT2D eigenvalue weighted by Gasteiger charge is 2.31. The molecule has 2 aliphatic rings.